The van der Waals surface area contributed by atoms with E-state index in [1.165, 1.54) is 6.39 Å². The molecule has 0 radical (unpaired) electrons. The lowest BCUT2D eigenvalue weighted by molar-refractivity contribution is -0.142. The third kappa shape index (κ3) is 5.45. The number of carbonyl (C=O) groups is 1. The van der Waals surface area contributed by atoms with Crippen molar-refractivity contribution < 1.29 is 14.1 Å². The monoisotopic (exact) mass is 227 g/mol. The second kappa shape index (κ2) is 7.81. The predicted molar refractivity (Wildman–Crippen MR) is 56.7 cm³/mol. The minimum absolute atomic E-state index is 0.221. The van der Waals surface area contributed by atoms with Crippen molar-refractivity contribution in [2.24, 2.45) is 0 Å². The molecule has 0 aliphatic carbocycles. The van der Waals surface area contributed by atoms with Gasteiger partial charge < -0.3 is 14.6 Å². The lowest BCUT2D eigenvalue weighted by Crippen LogP contribution is -2.27. The van der Waals surface area contributed by atoms with Gasteiger partial charge in [-0.05, 0) is 6.42 Å². The predicted octanol–water partition coefficient (Wildman–Crippen LogP) is 0.545. The van der Waals surface area contributed by atoms with Crippen molar-refractivity contribution in [1.82, 2.24) is 15.5 Å². The number of hydrogen-bond acceptors (Lipinski definition) is 6. The summed E-state index contributed by atoms with van der Waals surface area (Å²) in [5, 5.41) is 6.61. The number of ether oxygens (including phenoxy) is 1. The highest BCUT2D eigenvalue weighted by atomic mass is 16.5. The van der Waals surface area contributed by atoms with Crippen LogP contribution in [0.5, 0.6) is 0 Å². The van der Waals surface area contributed by atoms with Crippen LogP contribution in [0.1, 0.15) is 25.6 Å². The zero-order valence-electron chi connectivity index (χ0n) is 9.44. The Hall–Kier alpha value is -1.43. The molecule has 16 heavy (non-hydrogen) atoms. The van der Waals surface area contributed by atoms with Crippen LogP contribution in [0.3, 0.4) is 0 Å². The molecule has 0 fully saturated rings. The van der Waals surface area contributed by atoms with E-state index in [1.54, 1.807) is 0 Å². The first-order valence-electron chi connectivity index (χ1n) is 5.44. The quantitative estimate of drug-likeness (QED) is 0.516. The molecule has 90 valence electrons. The molecule has 0 spiro atoms. The summed E-state index contributed by atoms with van der Waals surface area (Å²) >= 11 is 0. The molecule has 1 N–H and O–H groups in total. The van der Waals surface area contributed by atoms with Crippen molar-refractivity contribution in [2.45, 2.75) is 26.2 Å². The van der Waals surface area contributed by atoms with E-state index in [0.717, 1.165) is 12.8 Å². The number of esters is 1. The summed E-state index contributed by atoms with van der Waals surface area (Å²) in [6.45, 7) is 3.41. The third-order valence-corrected chi connectivity index (χ3v) is 1.96. The Morgan fingerprint density at radius 2 is 2.50 bits per heavy atom. The molecule has 1 heterocycles. The number of unbranched alkanes of at least 4 members (excludes halogenated alkanes) is 1. The second-order valence-corrected chi connectivity index (χ2v) is 3.35. The molecule has 0 amide bonds. The smallest absolute Gasteiger partial charge is 0.319 e. The SMILES string of the molecule is CCCCOC(=O)CNCCc1ncon1. The molecule has 0 bridgehead atoms. The summed E-state index contributed by atoms with van der Waals surface area (Å²) in [4.78, 5) is 15.0. The molecule has 0 aliphatic rings. The molecule has 6 nitrogen and oxygen atoms in total. The number of rotatable bonds is 8. The van der Waals surface area contributed by atoms with Crippen LogP contribution >= 0.6 is 0 Å². The summed E-state index contributed by atoms with van der Waals surface area (Å²) in [7, 11) is 0. The second-order valence-electron chi connectivity index (χ2n) is 3.35. The van der Waals surface area contributed by atoms with Gasteiger partial charge in [0.05, 0.1) is 13.2 Å². The number of carbonyl (C=O) groups excluding carboxylic acids is 1. The molecule has 0 aromatic carbocycles. The summed E-state index contributed by atoms with van der Waals surface area (Å²) in [5.41, 5.74) is 0. The van der Waals surface area contributed by atoms with E-state index in [2.05, 4.69) is 26.9 Å². The van der Waals surface area contributed by atoms with Gasteiger partial charge >= 0.3 is 5.97 Å². The van der Waals surface area contributed by atoms with Gasteiger partial charge in [-0.2, -0.15) is 4.98 Å². The highest BCUT2D eigenvalue weighted by Gasteiger charge is 2.02. The summed E-state index contributed by atoms with van der Waals surface area (Å²) in [6, 6.07) is 0. The first-order valence-corrected chi connectivity index (χ1v) is 5.44. The normalized spacial score (nSPS) is 10.3. The van der Waals surface area contributed by atoms with Gasteiger partial charge in [0.1, 0.15) is 0 Å². The van der Waals surface area contributed by atoms with Crippen LogP contribution in [0.25, 0.3) is 0 Å². The van der Waals surface area contributed by atoms with Gasteiger partial charge in [-0.15, -0.1) is 0 Å². The lowest BCUT2D eigenvalue weighted by Gasteiger charge is -2.04. The van der Waals surface area contributed by atoms with Crippen LogP contribution in [0.15, 0.2) is 10.9 Å². The van der Waals surface area contributed by atoms with Crippen molar-refractivity contribution in [3.05, 3.63) is 12.2 Å². The zero-order valence-corrected chi connectivity index (χ0v) is 9.44. The van der Waals surface area contributed by atoms with E-state index < -0.39 is 0 Å². The standard InChI is InChI=1S/C10H17N3O3/c1-2-3-6-15-10(14)7-11-5-4-9-12-8-16-13-9/h8,11H,2-7H2,1H3. The topological polar surface area (TPSA) is 77.2 Å². The minimum Gasteiger partial charge on any atom is -0.465 e. The molecule has 0 unspecified atom stereocenters. The maximum absolute atomic E-state index is 11.1. The molecule has 0 saturated carbocycles. The number of nitrogens with one attached hydrogen (secondary N) is 1. The molecule has 0 aliphatic heterocycles. The van der Waals surface area contributed by atoms with Crippen molar-refractivity contribution >= 4 is 5.97 Å². The van der Waals surface area contributed by atoms with E-state index in [-0.39, 0.29) is 12.5 Å². The first-order chi connectivity index (χ1) is 7.83. The molecule has 0 saturated heterocycles. The lowest BCUT2D eigenvalue weighted by atomic mass is 10.4. The largest absolute Gasteiger partial charge is 0.465 e. The Labute approximate surface area is 94.4 Å². The number of nitrogens with zero attached hydrogens (tertiary/aromatic N) is 2. The molecule has 1 rings (SSSR count). The van der Waals surface area contributed by atoms with Crippen LogP contribution in [0.2, 0.25) is 0 Å². The van der Waals surface area contributed by atoms with E-state index in [0.29, 0.717) is 25.4 Å². The molecule has 1 aromatic heterocycles. The van der Waals surface area contributed by atoms with Gasteiger partial charge in [0.2, 0.25) is 6.39 Å². The van der Waals surface area contributed by atoms with Crippen LogP contribution in [0.4, 0.5) is 0 Å². The van der Waals surface area contributed by atoms with Gasteiger partial charge in [0.15, 0.2) is 5.82 Å². The molecule has 1 aromatic rings. The van der Waals surface area contributed by atoms with Gasteiger partial charge in [-0.3, -0.25) is 4.79 Å². The summed E-state index contributed by atoms with van der Waals surface area (Å²) < 4.78 is 9.55. The van der Waals surface area contributed by atoms with Gasteiger partial charge in [-0.1, -0.05) is 18.5 Å². The maximum Gasteiger partial charge on any atom is 0.319 e. The number of hydrogen-bond donors (Lipinski definition) is 1. The maximum atomic E-state index is 11.1. The van der Waals surface area contributed by atoms with Gasteiger partial charge in [0.25, 0.3) is 0 Å². The van der Waals surface area contributed by atoms with Crippen LogP contribution in [-0.2, 0) is 16.0 Å². The molecule has 6 heteroatoms. The fraction of sp³-hybridized carbons (Fsp3) is 0.700. The minimum atomic E-state index is -0.221. The highest BCUT2D eigenvalue weighted by Crippen LogP contribution is 1.89. The Morgan fingerprint density at radius 1 is 1.62 bits per heavy atom. The molecular formula is C10H17N3O3. The van der Waals surface area contributed by atoms with Crippen molar-refractivity contribution in [3.8, 4) is 0 Å². The Bertz CT molecular complexity index is 288. The van der Waals surface area contributed by atoms with E-state index in [4.69, 9.17) is 4.74 Å². The van der Waals surface area contributed by atoms with Crippen LogP contribution in [-0.4, -0.2) is 35.8 Å². The third-order valence-electron chi connectivity index (χ3n) is 1.96. The zero-order chi connectivity index (χ0) is 11.6. The Balaban J connectivity index is 1.96. The average molecular weight is 227 g/mol. The molecule has 0 atom stereocenters. The Morgan fingerprint density at radius 3 is 3.19 bits per heavy atom. The van der Waals surface area contributed by atoms with Crippen molar-refractivity contribution in [3.63, 3.8) is 0 Å². The highest BCUT2D eigenvalue weighted by molar-refractivity contribution is 5.71. The van der Waals surface area contributed by atoms with Crippen molar-refractivity contribution in [1.29, 1.82) is 0 Å². The first kappa shape index (κ1) is 12.6. The van der Waals surface area contributed by atoms with Crippen LogP contribution < -0.4 is 5.32 Å². The van der Waals surface area contributed by atoms with Crippen molar-refractivity contribution in [2.75, 3.05) is 19.7 Å². The summed E-state index contributed by atoms with van der Waals surface area (Å²) in [5.74, 6) is 0.411. The number of aromatic nitrogens is 2. The summed E-state index contributed by atoms with van der Waals surface area (Å²) in [6.07, 6.45) is 3.86. The van der Waals surface area contributed by atoms with E-state index >= 15 is 0 Å². The van der Waals surface area contributed by atoms with E-state index in [1.807, 2.05) is 0 Å². The van der Waals surface area contributed by atoms with Crippen LogP contribution in [0, 0.1) is 0 Å². The fourth-order valence-electron chi connectivity index (χ4n) is 1.07. The fourth-order valence-corrected chi connectivity index (χ4v) is 1.07. The van der Waals surface area contributed by atoms with Gasteiger partial charge in [0, 0.05) is 13.0 Å². The average Bonchev–Trinajstić information content (AvgIpc) is 2.78. The Kier molecular flexibility index (Phi) is 6.17. The van der Waals surface area contributed by atoms with Gasteiger partial charge in [-0.25, -0.2) is 0 Å². The molecular weight excluding hydrogens is 210 g/mol. The van der Waals surface area contributed by atoms with E-state index in [9.17, 15) is 4.79 Å².